The van der Waals surface area contributed by atoms with Crippen molar-refractivity contribution in [2.45, 2.75) is 0 Å². The first-order chi connectivity index (χ1) is 7.10. The molecule has 0 amide bonds. The van der Waals surface area contributed by atoms with Crippen molar-refractivity contribution in [3.8, 4) is 0 Å². The Hall–Kier alpha value is -1.62. The molecule has 80 valence electrons. The van der Waals surface area contributed by atoms with Crippen LogP contribution >= 0.6 is 11.6 Å². The second-order valence-electron chi connectivity index (χ2n) is 2.58. The topological polar surface area (TPSA) is 58.9 Å². The number of halogens is 2. The zero-order valence-electron chi connectivity index (χ0n) is 7.70. The summed E-state index contributed by atoms with van der Waals surface area (Å²) in [4.78, 5) is 11.0. The Morgan fingerprint density at radius 2 is 2.27 bits per heavy atom. The number of hydrogen-bond acceptors (Lipinski definition) is 4. The molecular weight excluding hydrogens is 225 g/mol. The summed E-state index contributed by atoms with van der Waals surface area (Å²) in [6, 6.07) is 3.52. The number of benzene rings is 1. The molecule has 0 saturated heterocycles. The number of methoxy groups -OCH3 is 1. The van der Waals surface area contributed by atoms with Gasteiger partial charge in [0.15, 0.2) is 5.17 Å². The van der Waals surface area contributed by atoms with Crippen LogP contribution in [0.5, 0.6) is 0 Å². The summed E-state index contributed by atoms with van der Waals surface area (Å²) in [6.45, 7) is 0. The zero-order valence-corrected chi connectivity index (χ0v) is 8.45. The van der Waals surface area contributed by atoms with Gasteiger partial charge < -0.3 is 9.94 Å². The second kappa shape index (κ2) is 4.75. The largest absolute Gasteiger partial charge is 0.465 e. The molecule has 0 fully saturated rings. The molecular formula is C9H7ClFNO3. The van der Waals surface area contributed by atoms with Crippen LogP contribution < -0.4 is 0 Å². The summed E-state index contributed by atoms with van der Waals surface area (Å²) >= 11 is 5.45. The molecule has 0 aromatic heterocycles. The Bertz CT molecular complexity index is 420. The van der Waals surface area contributed by atoms with Gasteiger partial charge in [-0.2, -0.15) is 0 Å². The third-order valence-electron chi connectivity index (χ3n) is 1.70. The maximum absolute atomic E-state index is 13.3. The lowest BCUT2D eigenvalue weighted by Crippen LogP contribution is -2.05. The van der Waals surface area contributed by atoms with E-state index in [9.17, 15) is 9.18 Å². The van der Waals surface area contributed by atoms with Crippen molar-refractivity contribution >= 4 is 22.7 Å². The smallest absolute Gasteiger partial charge is 0.340 e. The number of hydrogen-bond donors (Lipinski definition) is 1. The first-order valence-electron chi connectivity index (χ1n) is 3.86. The molecule has 0 radical (unpaired) electrons. The highest BCUT2D eigenvalue weighted by Crippen LogP contribution is 2.13. The molecule has 1 aromatic rings. The summed E-state index contributed by atoms with van der Waals surface area (Å²) in [5.74, 6) is -1.57. The van der Waals surface area contributed by atoms with Gasteiger partial charge in [-0.3, -0.25) is 0 Å². The molecule has 0 heterocycles. The molecule has 0 spiro atoms. The Kier molecular flexibility index (Phi) is 3.62. The molecule has 0 aliphatic heterocycles. The van der Waals surface area contributed by atoms with E-state index in [-0.39, 0.29) is 16.3 Å². The van der Waals surface area contributed by atoms with E-state index in [4.69, 9.17) is 16.8 Å². The highest BCUT2D eigenvalue weighted by molar-refractivity contribution is 6.69. The maximum atomic E-state index is 13.3. The molecule has 0 unspecified atom stereocenters. The van der Waals surface area contributed by atoms with Crippen LogP contribution in [0.15, 0.2) is 23.4 Å². The van der Waals surface area contributed by atoms with Crippen LogP contribution in [0.2, 0.25) is 0 Å². The fourth-order valence-corrected chi connectivity index (χ4v) is 1.09. The Labute approximate surface area is 89.9 Å². The van der Waals surface area contributed by atoms with E-state index < -0.39 is 11.8 Å². The quantitative estimate of drug-likeness (QED) is 0.367. The van der Waals surface area contributed by atoms with Crippen molar-refractivity contribution in [3.05, 3.63) is 35.1 Å². The molecule has 1 rings (SSSR count). The summed E-state index contributed by atoms with van der Waals surface area (Å²) in [5.41, 5.74) is -0.0343. The van der Waals surface area contributed by atoms with Gasteiger partial charge in [-0.15, -0.1) is 0 Å². The van der Waals surface area contributed by atoms with Gasteiger partial charge in [-0.05, 0) is 12.1 Å². The lowest BCUT2D eigenvalue weighted by atomic mass is 10.1. The minimum Gasteiger partial charge on any atom is -0.465 e. The maximum Gasteiger partial charge on any atom is 0.340 e. The highest BCUT2D eigenvalue weighted by Gasteiger charge is 2.13. The first kappa shape index (κ1) is 11.5. The monoisotopic (exact) mass is 231 g/mol. The van der Waals surface area contributed by atoms with Gasteiger partial charge in [0.25, 0.3) is 0 Å². The van der Waals surface area contributed by atoms with Crippen molar-refractivity contribution in [1.29, 1.82) is 0 Å². The van der Waals surface area contributed by atoms with Gasteiger partial charge in [0, 0.05) is 5.56 Å². The normalized spacial score (nSPS) is 11.3. The molecule has 15 heavy (non-hydrogen) atoms. The van der Waals surface area contributed by atoms with Crippen LogP contribution in [0.3, 0.4) is 0 Å². The number of rotatable bonds is 2. The molecule has 0 saturated carbocycles. The molecule has 0 bridgehead atoms. The molecule has 1 N–H and O–H groups in total. The SMILES string of the molecule is COC(=O)c1ccc(C(Cl)=NO)cc1F. The summed E-state index contributed by atoms with van der Waals surface area (Å²) in [7, 11) is 1.15. The van der Waals surface area contributed by atoms with E-state index in [0.717, 1.165) is 13.2 Å². The van der Waals surface area contributed by atoms with Crippen molar-refractivity contribution in [2.75, 3.05) is 7.11 Å². The van der Waals surface area contributed by atoms with E-state index in [2.05, 4.69) is 9.89 Å². The zero-order chi connectivity index (χ0) is 11.4. The van der Waals surface area contributed by atoms with E-state index in [0.29, 0.717) is 0 Å². The standard InChI is InChI=1S/C9H7ClFNO3/c1-15-9(13)6-3-2-5(4-7(6)11)8(10)12-14/h2-4,14H,1H3. The van der Waals surface area contributed by atoms with Crippen LogP contribution in [-0.4, -0.2) is 23.5 Å². The van der Waals surface area contributed by atoms with Crippen molar-refractivity contribution in [2.24, 2.45) is 5.16 Å². The molecule has 6 heteroatoms. The third kappa shape index (κ3) is 2.44. The number of esters is 1. The lowest BCUT2D eigenvalue weighted by molar-refractivity contribution is 0.0595. The lowest BCUT2D eigenvalue weighted by Gasteiger charge is -2.02. The average Bonchev–Trinajstić information content (AvgIpc) is 2.26. The van der Waals surface area contributed by atoms with Gasteiger partial charge in [0.1, 0.15) is 5.82 Å². The number of ether oxygens (including phenoxy) is 1. The predicted molar refractivity (Wildman–Crippen MR) is 51.9 cm³/mol. The number of nitrogens with zero attached hydrogens (tertiary/aromatic N) is 1. The van der Waals surface area contributed by atoms with E-state index >= 15 is 0 Å². The molecule has 0 aliphatic rings. The van der Waals surface area contributed by atoms with Gasteiger partial charge in [0.2, 0.25) is 0 Å². The molecule has 1 aromatic carbocycles. The van der Waals surface area contributed by atoms with Crippen LogP contribution in [0.25, 0.3) is 0 Å². The second-order valence-corrected chi connectivity index (χ2v) is 2.94. The number of oxime groups is 1. The highest BCUT2D eigenvalue weighted by atomic mass is 35.5. The fourth-order valence-electron chi connectivity index (χ4n) is 0.977. The van der Waals surface area contributed by atoms with Gasteiger partial charge in [-0.25, -0.2) is 9.18 Å². The van der Waals surface area contributed by atoms with E-state index in [1.54, 1.807) is 0 Å². The van der Waals surface area contributed by atoms with Gasteiger partial charge in [0.05, 0.1) is 12.7 Å². The van der Waals surface area contributed by atoms with E-state index in [1.165, 1.54) is 12.1 Å². The minimum absolute atomic E-state index is 0.171. The fraction of sp³-hybridized carbons (Fsp3) is 0.111. The predicted octanol–water partition coefficient (Wildman–Crippen LogP) is 1.99. The van der Waals surface area contributed by atoms with Gasteiger partial charge >= 0.3 is 5.97 Å². The average molecular weight is 232 g/mol. The van der Waals surface area contributed by atoms with Crippen molar-refractivity contribution in [3.63, 3.8) is 0 Å². The number of carbonyl (C=O) groups is 1. The van der Waals surface area contributed by atoms with Crippen LogP contribution in [0.1, 0.15) is 15.9 Å². The third-order valence-corrected chi connectivity index (χ3v) is 1.99. The summed E-state index contributed by atoms with van der Waals surface area (Å²) in [5, 5.41) is 10.8. The van der Waals surface area contributed by atoms with Crippen molar-refractivity contribution in [1.82, 2.24) is 0 Å². The van der Waals surface area contributed by atoms with Crippen LogP contribution in [0, 0.1) is 5.82 Å². The summed E-state index contributed by atoms with van der Waals surface area (Å²) < 4.78 is 17.6. The molecule has 0 atom stereocenters. The van der Waals surface area contributed by atoms with Crippen LogP contribution in [-0.2, 0) is 4.74 Å². The molecule has 0 aliphatic carbocycles. The van der Waals surface area contributed by atoms with E-state index in [1.807, 2.05) is 0 Å². The molecule has 4 nitrogen and oxygen atoms in total. The summed E-state index contributed by atoms with van der Waals surface area (Å²) in [6.07, 6.45) is 0. The first-order valence-corrected chi connectivity index (χ1v) is 4.23. The Morgan fingerprint density at radius 3 is 2.73 bits per heavy atom. The minimum atomic E-state index is -0.791. The number of carbonyl (C=O) groups excluding carboxylic acids is 1. The Morgan fingerprint density at radius 1 is 1.60 bits per heavy atom. The van der Waals surface area contributed by atoms with Crippen molar-refractivity contribution < 1.29 is 19.1 Å². The van der Waals surface area contributed by atoms with Crippen LogP contribution in [0.4, 0.5) is 4.39 Å². The Balaban J connectivity index is 3.14. The van der Waals surface area contributed by atoms with Gasteiger partial charge in [-0.1, -0.05) is 22.8 Å².